The molecule has 0 aliphatic heterocycles. The molecule has 0 amide bonds. The number of aromatic nitrogens is 1. The molecule has 2 aromatic carbocycles. The first-order chi connectivity index (χ1) is 13.9. The summed E-state index contributed by atoms with van der Waals surface area (Å²) in [5.41, 5.74) is 4.29. The molecular weight excluding hydrogens is 390 g/mol. The number of ether oxygens (including phenoxy) is 1. The van der Waals surface area contributed by atoms with E-state index in [4.69, 9.17) is 4.74 Å². The van der Waals surface area contributed by atoms with E-state index in [0.717, 1.165) is 11.1 Å². The monoisotopic (exact) mass is 405 g/mol. The molecule has 3 rings (SSSR count). The summed E-state index contributed by atoms with van der Waals surface area (Å²) in [5, 5.41) is 9.34. The fourth-order valence-corrected chi connectivity index (χ4v) is 2.47. The van der Waals surface area contributed by atoms with Crippen LogP contribution in [0.15, 0.2) is 53.7 Å². The molecule has 5 nitrogen and oxygen atoms in total. The highest BCUT2D eigenvalue weighted by Gasteiger charge is 2.21. The van der Waals surface area contributed by atoms with Crippen LogP contribution in [0.2, 0.25) is 0 Å². The summed E-state index contributed by atoms with van der Waals surface area (Å²) in [6.45, 7) is 2.21. The molecule has 0 fully saturated rings. The summed E-state index contributed by atoms with van der Waals surface area (Å²) in [5.74, 6) is -7.98. The molecule has 0 spiro atoms. The molecule has 1 heterocycles. The Morgan fingerprint density at radius 2 is 1.76 bits per heavy atom. The normalized spacial score (nSPS) is 11.4. The van der Waals surface area contributed by atoms with Gasteiger partial charge in [0.2, 0.25) is 23.3 Å². The third kappa shape index (κ3) is 4.52. The zero-order chi connectivity index (χ0) is 21.0. The molecule has 0 radical (unpaired) electrons. The summed E-state index contributed by atoms with van der Waals surface area (Å²) in [6.07, 6.45) is 1.21. The Bertz CT molecular complexity index is 1030. The summed E-state index contributed by atoms with van der Waals surface area (Å²) >= 11 is 0. The quantitative estimate of drug-likeness (QED) is 0.213. The maximum absolute atomic E-state index is 13.7. The van der Waals surface area contributed by atoms with Crippen molar-refractivity contribution in [3.63, 3.8) is 0 Å². The standard InChI is InChI=1S/C20H15F4N3O2/c1-11-4-2-3-5-12(11)9-26-20(27-28)13-6-7-16(25-10-13)29-19-17(23)14(21)8-15(22)18(19)24/h2-8,10,28H,9H2,1H3,(H,26,27). The van der Waals surface area contributed by atoms with E-state index in [1.54, 1.807) is 0 Å². The fraction of sp³-hybridized carbons (Fsp3) is 0.100. The van der Waals surface area contributed by atoms with E-state index in [1.165, 1.54) is 18.3 Å². The largest absolute Gasteiger partial charge is 0.433 e. The van der Waals surface area contributed by atoms with Crippen LogP contribution in [0.1, 0.15) is 16.7 Å². The van der Waals surface area contributed by atoms with Gasteiger partial charge < -0.3 is 4.74 Å². The Morgan fingerprint density at radius 3 is 2.34 bits per heavy atom. The van der Waals surface area contributed by atoms with E-state index in [2.05, 4.69) is 9.98 Å². The average molecular weight is 405 g/mol. The lowest BCUT2D eigenvalue weighted by molar-refractivity contribution is 0.234. The van der Waals surface area contributed by atoms with Crippen LogP contribution in [0.5, 0.6) is 11.6 Å². The highest BCUT2D eigenvalue weighted by molar-refractivity contribution is 5.97. The van der Waals surface area contributed by atoms with Gasteiger partial charge in [0.25, 0.3) is 0 Å². The minimum atomic E-state index is -1.67. The average Bonchev–Trinajstić information content (AvgIpc) is 2.72. The lowest BCUT2D eigenvalue weighted by Gasteiger charge is -2.10. The van der Waals surface area contributed by atoms with Crippen molar-refractivity contribution in [1.82, 2.24) is 10.5 Å². The van der Waals surface area contributed by atoms with Gasteiger partial charge in [0.1, 0.15) is 0 Å². The lowest BCUT2D eigenvalue weighted by atomic mass is 10.1. The van der Waals surface area contributed by atoms with Crippen LogP contribution in [0.3, 0.4) is 0 Å². The number of hydroxylamine groups is 1. The topological polar surface area (TPSA) is 66.7 Å². The van der Waals surface area contributed by atoms with E-state index >= 15 is 0 Å². The van der Waals surface area contributed by atoms with Crippen molar-refractivity contribution in [3.8, 4) is 11.6 Å². The summed E-state index contributed by atoms with van der Waals surface area (Å²) in [4.78, 5) is 8.09. The Hall–Kier alpha value is -3.46. The Kier molecular flexibility index (Phi) is 6.08. The van der Waals surface area contributed by atoms with Crippen LogP contribution in [0.4, 0.5) is 17.6 Å². The highest BCUT2D eigenvalue weighted by atomic mass is 19.2. The number of benzene rings is 2. The SMILES string of the molecule is Cc1ccccc1CN=C(NO)c1ccc(Oc2c(F)c(F)cc(F)c2F)nc1. The first kappa shape index (κ1) is 20.3. The van der Waals surface area contributed by atoms with Gasteiger partial charge in [-0.25, -0.2) is 13.8 Å². The van der Waals surface area contributed by atoms with Crippen molar-refractivity contribution >= 4 is 5.84 Å². The molecule has 0 unspecified atom stereocenters. The molecule has 0 aliphatic carbocycles. The van der Waals surface area contributed by atoms with Crippen LogP contribution in [-0.2, 0) is 6.54 Å². The molecule has 2 N–H and O–H groups in total. The van der Waals surface area contributed by atoms with Gasteiger partial charge in [-0.05, 0) is 24.1 Å². The summed E-state index contributed by atoms with van der Waals surface area (Å²) in [6, 6.07) is 10.3. The number of hydrogen-bond acceptors (Lipinski definition) is 4. The van der Waals surface area contributed by atoms with Gasteiger partial charge in [0, 0.05) is 23.9 Å². The van der Waals surface area contributed by atoms with E-state index in [9.17, 15) is 22.8 Å². The molecule has 0 saturated carbocycles. The number of aliphatic imine (C=N–C) groups is 1. The summed E-state index contributed by atoms with van der Waals surface area (Å²) < 4.78 is 58.7. The van der Waals surface area contributed by atoms with Gasteiger partial charge in [-0.15, -0.1) is 0 Å². The number of nitrogens with zero attached hydrogens (tertiary/aromatic N) is 2. The molecule has 0 saturated heterocycles. The van der Waals surface area contributed by atoms with Crippen LogP contribution in [0, 0.1) is 30.2 Å². The molecular formula is C20H15F4N3O2. The van der Waals surface area contributed by atoms with E-state index in [1.807, 2.05) is 36.7 Å². The minimum Gasteiger partial charge on any atom is -0.433 e. The van der Waals surface area contributed by atoms with Gasteiger partial charge >= 0.3 is 0 Å². The van der Waals surface area contributed by atoms with E-state index in [-0.39, 0.29) is 24.3 Å². The summed E-state index contributed by atoms with van der Waals surface area (Å²) in [7, 11) is 0. The third-order valence-corrected chi connectivity index (χ3v) is 4.06. The third-order valence-electron chi connectivity index (χ3n) is 4.06. The number of rotatable bonds is 5. The van der Waals surface area contributed by atoms with E-state index in [0.29, 0.717) is 5.56 Å². The number of aryl methyl sites for hydroxylation is 1. The lowest BCUT2D eigenvalue weighted by Crippen LogP contribution is -2.20. The molecule has 1 aromatic heterocycles. The van der Waals surface area contributed by atoms with Crippen molar-refractivity contribution in [2.75, 3.05) is 0 Å². The highest BCUT2D eigenvalue weighted by Crippen LogP contribution is 2.30. The van der Waals surface area contributed by atoms with Crippen LogP contribution >= 0.6 is 0 Å². The van der Waals surface area contributed by atoms with Gasteiger partial charge in [0.05, 0.1) is 6.54 Å². The second-order valence-electron chi connectivity index (χ2n) is 5.99. The maximum atomic E-state index is 13.7. The maximum Gasteiger partial charge on any atom is 0.219 e. The molecule has 29 heavy (non-hydrogen) atoms. The molecule has 150 valence electrons. The predicted octanol–water partition coefficient (Wildman–Crippen LogP) is 4.66. The zero-order valence-electron chi connectivity index (χ0n) is 15.1. The van der Waals surface area contributed by atoms with Crippen molar-refractivity contribution in [1.29, 1.82) is 0 Å². The number of amidine groups is 1. The second-order valence-corrected chi connectivity index (χ2v) is 5.99. The van der Waals surface area contributed by atoms with Crippen molar-refractivity contribution in [2.24, 2.45) is 4.99 Å². The molecule has 0 aliphatic rings. The van der Waals surface area contributed by atoms with Crippen molar-refractivity contribution in [2.45, 2.75) is 13.5 Å². The number of hydrogen-bond donors (Lipinski definition) is 2. The minimum absolute atomic E-state index is 0.0815. The molecule has 0 atom stereocenters. The zero-order valence-corrected chi connectivity index (χ0v) is 15.1. The Labute approximate surface area is 163 Å². The van der Waals surface area contributed by atoms with Gasteiger partial charge in [-0.2, -0.15) is 8.78 Å². The predicted molar refractivity (Wildman–Crippen MR) is 96.9 cm³/mol. The van der Waals surface area contributed by atoms with Gasteiger partial charge in [0.15, 0.2) is 17.5 Å². The first-order valence-electron chi connectivity index (χ1n) is 8.37. The van der Waals surface area contributed by atoms with Crippen LogP contribution in [-0.4, -0.2) is 16.0 Å². The number of nitrogens with one attached hydrogen (secondary N) is 1. The second kappa shape index (κ2) is 8.70. The van der Waals surface area contributed by atoms with Crippen molar-refractivity contribution in [3.05, 3.63) is 88.6 Å². The van der Waals surface area contributed by atoms with Gasteiger partial charge in [-0.3, -0.25) is 15.7 Å². The number of halogens is 4. The fourth-order valence-electron chi connectivity index (χ4n) is 2.47. The molecule has 9 heteroatoms. The van der Waals surface area contributed by atoms with Gasteiger partial charge in [-0.1, -0.05) is 24.3 Å². The molecule has 0 bridgehead atoms. The smallest absolute Gasteiger partial charge is 0.219 e. The van der Waals surface area contributed by atoms with E-state index < -0.39 is 29.0 Å². The Balaban J connectivity index is 1.81. The Morgan fingerprint density at radius 1 is 1.07 bits per heavy atom. The number of pyridine rings is 1. The van der Waals surface area contributed by atoms with Crippen LogP contribution in [0.25, 0.3) is 0 Å². The molecule has 3 aromatic rings. The first-order valence-corrected chi connectivity index (χ1v) is 8.37. The van der Waals surface area contributed by atoms with Crippen LogP contribution < -0.4 is 10.2 Å². The van der Waals surface area contributed by atoms with Crippen molar-refractivity contribution < 1.29 is 27.5 Å².